The number of piperazine rings is 1. The Morgan fingerprint density at radius 1 is 1.11 bits per heavy atom. The van der Waals surface area contributed by atoms with E-state index in [4.69, 9.17) is 11.6 Å². The van der Waals surface area contributed by atoms with Crippen LogP contribution in [0.3, 0.4) is 0 Å². The van der Waals surface area contributed by atoms with Crippen molar-refractivity contribution >= 4 is 44.8 Å². The molecule has 150 valence electrons. The summed E-state index contributed by atoms with van der Waals surface area (Å²) >= 11 is 10.8. The molecule has 5 nitrogen and oxygen atoms in total. The van der Waals surface area contributed by atoms with E-state index in [0.29, 0.717) is 18.0 Å². The first-order valence-electron chi connectivity index (χ1n) is 9.43. The van der Waals surface area contributed by atoms with Crippen molar-refractivity contribution in [3.05, 3.63) is 55.6 Å². The molecule has 2 fully saturated rings. The van der Waals surface area contributed by atoms with Crippen molar-refractivity contribution in [3.63, 3.8) is 0 Å². The molecular weight excluding hydrogens is 462 g/mol. The van der Waals surface area contributed by atoms with Crippen LogP contribution in [-0.4, -0.2) is 77.1 Å². The zero-order valence-electron chi connectivity index (χ0n) is 15.4. The highest BCUT2D eigenvalue weighted by atomic mass is 79.9. The van der Waals surface area contributed by atoms with Gasteiger partial charge in [0, 0.05) is 50.8 Å². The first-order chi connectivity index (χ1) is 13.5. The number of halogens is 2. The molecule has 8 heteroatoms. The lowest BCUT2D eigenvalue weighted by Crippen LogP contribution is -2.53. The molecule has 3 heterocycles. The van der Waals surface area contributed by atoms with Crippen LogP contribution < -0.4 is 0 Å². The molecule has 1 N–H and O–H groups in total. The van der Waals surface area contributed by atoms with Crippen LogP contribution in [-0.2, 0) is 6.54 Å². The Hall–Kier alpha value is -0.960. The molecule has 0 spiro atoms. The van der Waals surface area contributed by atoms with Crippen LogP contribution in [0.15, 0.2) is 40.2 Å². The van der Waals surface area contributed by atoms with Gasteiger partial charge in [-0.3, -0.25) is 14.6 Å². The predicted octanol–water partition coefficient (Wildman–Crippen LogP) is 3.17. The molecule has 1 aromatic heterocycles. The number of nitrogens with zero attached hydrogens (tertiary/aromatic N) is 3. The second-order valence-corrected chi connectivity index (χ2v) is 10.3. The van der Waals surface area contributed by atoms with Gasteiger partial charge in [-0.1, -0.05) is 23.7 Å². The van der Waals surface area contributed by atoms with Crippen LogP contribution in [0.5, 0.6) is 0 Å². The fourth-order valence-electron chi connectivity index (χ4n) is 3.98. The summed E-state index contributed by atoms with van der Waals surface area (Å²) in [5.41, 5.74) is 1.26. The van der Waals surface area contributed by atoms with E-state index in [2.05, 4.69) is 37.9 Å². The molecule has 28 heavy (non-hydrogen) atoms. The number of carbonyl (C=O) groups excluding carboxylic acids is 1. The van der Waals surface area contributed by atoms with Crippen molar-refractivity contribution in [1.29, 1.82) is 0 Å². The van der Waals surface area contributed by atoms with E-state index < -0.39 is 6.10 Å². The number of benzene rings is 1. The van der Waals surface area contributed by atoms with Gasteiger partial charge in [-0.05, 0) is 45.8 Å². The second kappa shape index (κ2) is 8.81. The molecule has 2 aliphatic rings. The van der Waals surface area contributed by atoms with Gasteiger partial charge in [0.25, 0.3) is 5.91 Å². The van der Waals surface area contributed by atoms with E-state index in [-0.39, 0.29) is 11.9 Å². The van der Waals surface area contributed by atoms with Crippen molar-refractivity contribution in [2.24, 2.45) is 0 Å². The van der Waals surface area contributed by atoms with Crippen molar-refractivity contribution < 1.29 is 9.90 Å². The second-order valence-electron chi connectivity index (χ2n) is 7.39. The molecule has 4 rings (SSSR count). The maximum atomic E-state index is 12.7. The summed E-state index contributed by atoms with van der Waals surface area (Å²) in [5, 5.41) is 11.3. The Morgan fingerprint density at radius 2 is 1.82 bits per heavy atom. The van der Waals surface area contributed by atoms with E-state index in [1.807, 2.05) is 24.3 Å². The number of carbonyl (C=O) groups is 1. The molecular formula is C20H23BrClN3O2S. The summed E-state index contributed by atoms with van der Waals surface area (Å²) in [7, 11) is 0. The summed E-state index contributed by atoms with van der Waals surface area (Å²) in [6.45, 7) is 5.63. The molecule has 2 aliphatic heterocycles. The summed E-state index contributed by atoms with van der Waals surface area (Å²) in [6.07, 6.45) is -0.491. The van der Waals surface area contributed by atoms with Gasteiger partial charge in [-0.2, -0.15) is 0 Å². The summed E-state index contributed by atoms with van der Waals surface area (Å²) < 4.78 is 0.948. The lowest BCUT2D eigenvalue weighted by molar-refractivity contribution is 0.0423. The van der Waals surface area contributed by atoms with E-state index in [1.165, 1.54) is 16.9 Å². The van der Waals surface area contributed by atoms with Gasteiger partial charge in [-0.15, -0.1) is 11.3 Å². The molecule has 0 aliphatic carbocycles. The van der Waals surface area contributed by atoms with Crippen molar-refractivity contribution in [3.8, 4) is 0 Å². The Kier molecular flexibility index (Phi) is 6.40. The zero-order chi connectivity index (χ0) is 19.7. The van der Waals surface area contributed by atoms with Gasteiger partial charge >= 0.3 is 0 Å². The average molecular weight is 485 g/mol. The normalized spacial score (nSPS) is 24.0. The van der Waals surface area contributed by atoms with Crippen molar-refractivity contribution in [2.75, 3.05) is 39.3 Å². The third-order valence-corrected chi connectivity index (χ3v) is 7.39. The Morgan fingerprint density at radius 3 is 2.46 bits per heavy atom. The smallest absolute Gasteiger partial charge is 0.264 e. The first kappa shape index (κ1) is 20.3. The summed E-state index contributed by atoms with van der Waals surface area (Å²) in [5.74, 6) is 0.0126. The predicted molar refractivity (Wildman–Crippen MR) is 116 cm³/mol. The minimum Gasteiger partial charge on any atom is -0.390 e. The van der Waals surface area contributed by atoms with Gasteiger partial charge in [-0.25, -0.2) is 0 Å². The van der Waals surface area contributed by atoms with Crippen LogP contribution >= 0.6 is 38.9 Å². The van der Waals surface area contributed by atoms with E-state index in [0.717, 1.165) is 41.5 Å². The topological polar surface area (TPSA) is 47.0 Å². The third kappa shape index (κ3) is 4.61. The number of likely N-dealkylation sites (tertiary alicyclic amines) is 1. The monoisotopic (exact) mass is 483 g/mol. The Bertz CT molecular complexity index is 823. The van der Waals surface area contributed by atoms with Crippen molar-refractivity contribution in [1.82, 2.24) is 14.7 Å². The molecule has 2 atom stereocenters. The number of hydrogen-bond acceptors (Lipinski definition) is 5. The molecule has 0 unspecified atom stereocenters. The first-order valence-corrected chi connectivity index (χ1v) is 11.4. The van der Waals surface area contributed by atoms with E-state index >= 15 is 0 Å². The highest BCUT2D eigenvalue weighted by Crippen LogP contribution is 2.26. The fourth-order valence-corrected chi connectivity index (χ4v) is 5.46. The highest BCUT2D eigenvalue weighted by Gasteiger charge is 2.39. The highest BCUT2D eigenvalue weighted by molar-refractivity contribution is 9.11. The minimum atomic E-state index is -0.491. The maximum absolute atomic E-state index is 12.7. The third-order valence-electron chi connectivity index (χ3n) is 5.53. The Labute approximate surface area is 182 Å². The van der Waals surface area contributed by atoms with Gasteiger partial charge < -0.3 is 10.0 Å². The fraction of sp³-hybridized carbons (Fsp3) is 0.450. The number of thiophene rings is 1. The molecule has 0 bridgehead atoms. The van der Waals surface area contributed by atoms with Gasteiger partial charge in [0.15, 0.2) is 0 Å². The van der Waals surface area contributed by atoms with Crippen LogP contribution in [0, 0.1) is 0 Å². The number of aliphatic hydroxyl groups is 1. The number of amides is 1. The molecule has 2 aromatic rings. The Balaban J connectivity index is 1.30. The maximum Gasteiger partial charge on any atom is 0.264 e. The molecule has 0 radical (unpaired) electrons. The number of hydrogen-bond donors (Lipinski definition) is 1. The van der Waals surface area contributed by atoms with Gasteiger partial charge in [0.05, 0.1) is 20.8 Å². The lowest BCUT2D eigenvalue weighted by Gasteiger charge is -2.38. The number of rotatable bonds is 4. The quantitative estimate of drug-likeness (QED) is 0.724. The minimum absolute atomic E-state index is 0.0126. The largest absolute Gasteiger partial charge is 0.390 e. The van der Waals surface area contributed by atoms with Crippen LogP contribution in [0.25, 0.3) is 0 Å². The lowest BCUT2D eigenvalue weighted by atomic mass is 10.1. The van der Waals surface area contributed by atoms with Gasteiger partial charge in [0.2, 0.25) is 0 Å². The van der Waals surface area contributed by atoms with Crippen molar-refractivity contribution in [2.45, 2.75) is 18.7 Å². The molecule has 0 saturated carbocycles. The molecule has 1 aromatic carbocycles. The number of aliphatic hydroxyl groups excluding tert-OH is 1. The van der Waals surface area contributed by atoms with Crippen LogP contribution in [0.4, 0.5) is 0 Å². The average Bonchev–Trinajstić information content (AvgIpc) is 3.30. The zero-order valence-corrected chi connectivity index (χ0v) is 18.6. The van der Waals surface area contributed by atoms with Gasteiger partial charge in [0.1, 0.15) is 0 Å². The van der Waals surface area contributed by atoms with E-state index in [1.54, 1.807) is 4.90 Å². The van der Waals surface area contributed by atoms with Crippen LogP contribution in [0.1, 0.15) is 15.2 Å². The summed E-state index contributed by atoms with van der Waals surface area (Å²) in [6, 6.07) is 11.8. The summed E-state index contributed by atoms with van der Waals surface area (Å²) in [4.78, 5) is 19.9. The molecule has 1 amide bonds. The molecule has 2 saturated heterocycles. The number of β-amino-alcohol motifs (C(OH)–C–C–N with tert-alkyl or cyclic N) is 1. The van der Waals surface area contributed by atoms with E-state index in [9.17, 15) is 9.90 Å². The SMILES string of the molecule is O=C(c1ccc(Br)s1)N1C[C@H](O)[C@@H](N2CCN(Cc3ccc(Cl)cc3)CC2)C1. The van der Waals surface area contributed by atoms with Crippen LogP contribution in [0.2, 0.25) is 5.02 Å². The standard InChI is InChI=1S/C20H23BrClN3O2S/c21-19-6-5-18(28-19)20(27)25-12-16(17(26)13-25)24-9-7-23(8-10-24)11-14-1-3-15(22)4-2-14/h1-6,16-17,26H,7-13H2/t16-,17-/m0/s1.